The van der Waals surface area contributed by atoms with Crippen molar-refractivity contribution in [1.29, 1.82) is 0 Å². The second-order valence-corrected chi connectivity index (χ2v) is 8.14. The molecule has 31 heavy (non-hydrogen) atoms. The van der Waals surface area contributed by atoms with Gasteiger partial charge < -0.3 is 20.3 Å². The van der Waals surface area contributed by atoms with E-state index in [1.807, 2.05) is 16.3 Å². The Morgan fingerprint density at radius 2 is 1.97 bits per heavy atom. The summed E-state index contributed by atoms with van der Waals surface area (Å²) in [6.07, 6.45) is -4.43. The number of benzene rings is 1. The normalized spacial score (nSPS) is 15.9. The van der Waals surface area contributed by atoms with Crippen molar-refractivity contribution in [2.45, 2.75) is 25.6 Å². The highest BCUT2D eigenvalue weighted by Crippen LogP contribution is 2.35. The van der Waals surface area contributed by atoms with Crippen molar-refractivity contribution in [1.82, 2.24) is 10.6 Å². The van der Waals surface area contributed by atoms with Crippen molar-refractivity contribution in [3.8, 4) is 0 Å². The quantitative estimate of drug-likeness (QED) is 0.302. The van der Waals surface area contributed by atoms with E-state index >= 15 is 0 Å². The average molecular weight is 568 g/mol. The van der Waals surface area contributed by atoms with Crippen LogP contribution in [0.3, 0.4) is 0 Å². The lowest BCUT2D eigenvalue weighted by atomic mass is 10.0. The van der Waals surface area contributed by atoms with E-state index in [-0.39, 0.29) is 42.0 Å². The Bertz CT molecular complexity index is 840. The SMILES string of the molecule is CN=C(NCc1ccc(N2CCOCC2)cc1C(F)(F)F)NCC(C)c1cccs1.I. The molecule has 1 aliphatic rings. The van der Waals surface area contributed by atoms with Gasteiger partial charge in [-0.3, -0.25) is 4.99 Å². The summed E-state index contributed by atoms with van der Waals surface area (Å²) in [6, 6.07) is 8.59. The first-order valence-electron chi connectivity index (χ1n) is 9.89. The molecule has 0 bridgehead atoms. The number of morpholine rings is 1. The summed E-state index contributed by atoms with van der Waals surface area (Å²) in [6.45, 7) is 5.00. The molecule has 0 radical (unpaired) electrons. The van der Waals surface area contributed by atoms with E-state index in [4.69, 9.17) is 4.74 Å². The summed E-state index contributed by atoms with van der Waals surface area (Å²) in [4.78, 5) is 7.30. The van der Waals surface area contributed by atoms with Crippen LogP contribution in [0.25, 0.3) is 0 Å². The molecule has 1 aromatic heterocycles. The lowest BCUT2D eigenvalue weighted by Crippen LogP contribution is -2.39. The fraction of sp³-hybridized carbons (Fsp3) is 0.476. The number of nitrogens with one attached hydrogen (secondary N) is 2. The minimum atomic E-state index is -4.43. The molecule has 2 aromatic rings. The number of guanidine groups is 1. The average Bonchev–Trinajstić information content (AvgIpc) is 3.29. The predicted octanol–water partition coefficient (Wildman–Crippen LogP) is 4.69. The van der Waals surface area contributed by atoms with Crippen molar-refractivity contribution in [3.05, 3.63) is 51.7 Å². The van der Waals surface area contributed by atoms with Crippen LogP contribution in [0.2, 0.25) is 0 Å². The molecule has 0 spiro atoms. The third-order valence-corrected chi connectivity index (χ3v) is 6.15. The van der Waals surface area contributed by atoms with Gasteiger partial charge in [0.2, 0.25) is 0 Å². The molecular formula is C21H28F3IN4OS. The minimum absolute atomic E-state index is 0. The van der Waals surface area contributed by atoms with Gasteiger partial charge in [-0.2, -0.15) is 13.2 Å². The van der Waals surface area contributed by atoms with Gasteiger partial charge in [0, 0.05) is 49.7 Å². The number of anilines is 1. The lowest BCUT2D eigenvalue weighted by Gasteiger charge is -2.29. The highest BCUT2D eigenvalue weighted by Gasteiger charge is 2.34. The second-order valence-electron chi connectivity index (χ2n) is 7.16. The van der Waals surface area contributed by atoms with Gasteiger partial charge in [-0.25, -0.2) is 0 Å². The fourth-order valence-corrected chi connectivity index (χ4v) is 4.11. The summed E-state index contributed by atoms with van der Waals surface area (Å²) in [5, 5.41) is 8.22. The van der Waals surface area contributed by atoms with Crippen molar-refractivity contribution in [3.63, 3.8) is 0 Å². The standard InChI is InChI=1S/C21H27F3N4OS.HI/c1-15(19-4-3-11-30-19)13-26-20(25-2)27-14-16-5-6-17(12-18(16)21(22,23)24)28-7-9-29-10-8-28;/h3-6,11-12,15H,7-10,13-14H2,1-2H3,(H2,25,26,27);1H. The molecule has 10 heteroatoms. The highest BCUT2D eigenvalue weighted by molar-refractivity contribution is 14.0. The first-order valence-corrected chi connectivity index (χ1v) is 10.8. The maximum absolute atomic E-state index is 13.7. The zero-order chi connectivity index (χ0) is 21.6. The largest absolute Gasteiger partial charge is 0.416 e. The van der Waals surface area contributed by atoms with E-state index in [2.05, 4.69) is 28.6 Å². The maximum atomic E-state index is 13.7. The molecule has 0 aliphatic carbocycles. The molecule has 172 valence electrons. The van der Waals surface area contributed by atoms with E-state index in [9.17, 15) is 13.2 Å². The third-order valence-electron chi connectivity index (χ3n) is 5.05. The van der Waals surface area contributed by atoms with Crippen LogP contribution in [0, 0.1) is 0 Å². The number of nitrogens with zero attached hydrogens (tertiary/aromatic N) is 2. The summed E-state index contributed by atoms with van der Waals surface area (Å²) in [5.74, 6) is 0.755. The van der Waals surface area contributed by atoms with E-state index < -0.39 is 11.7 Å². The summed E-state index contributed by atoms with van der Waals surface area (Å²) in [5.41, 5.74) is 0.136. The van der Waals surface area contributed by atoms with Gasteiger partial charge in [0.15, 0.2) is 5.96 Å². The Labute approximate surface area is 202 Å². The Balaban J connectivity index is 0.00000341. The highest BCUT2D eigenvalue weighted by atomic mass is 127. The number of aliphatic imine (C=N–C) groups is 1. The van der Waals surface area contributed by atoms with Gasteiger partial charge in [-0.05, 0) is 29.1 Å². The molecule has 1 fully saturated rings. The number of hydrogen-bond acceptors (Lipinski definition) is 4. The maximum Gasteiger partial charge on any atom is 0.416 e. The first-order chi connectivity index (χ1) is 14.4. The van der Waals surface area contributed by atoms with E-state index in [1.54, 1.807) is 30.5 Å². The Morgan fingerprint density at radius 3 is 2.58 bits per heavy atom. The molecule has 0 amide bonds. The minimum Gasteiger partial charge on any atom is -0.378 e. The third kappa shape index (κ3) is 7.25. The molecule has 1 unspecified atom stereocenters. The summed E-state index contributed by atoms with van der Waals surface area (Å²) >= 11 is 1.68. The van der Waals surface area contributed by atoms with Crippen LogP contribution in [0.5, 0.6) is 0 Å². The first kappa shape index (κ1) is 25.7. The van der Waals surface area contributed by atoms with Crippen molar-refractivity contribution in [2.75, 3.05) is 44.8 Å². The molecule has 1 aromatic carbocycles. The summed E-state index contributed by atoms with van der Waals surface area (Å²) in [7, 11) is 1.61. The van der Waals surface area contributed by atoms with Gasteiger partial charge >= 0.3 is 6.18 Å². The van der Waals surface area contributed by atoms with Gasteiger partial charge in [-0.1, -0.05) is 19.1 Å². The molecule has 1 atom stereocenters. The molecule has 5 nitrogen and oxygen atoms in total. The van der Waals surface area contributed by atoms with Crippen LogP contribution >= 0.6 is 35.3 Å². The van der Waals surface area contributed by atoms with Crippen LogP contribution in [0.1, 0.15) is 28.8 Å². The van der Waals surface area contributed by atoms with Crippen LogP contribution in [0.4, 0.5) is 18.9 Å². The molecule has 3 rings (SSSR count). The molecule has 1 aliphatic heterocycles. The summed E-state index contributed by atoms with van der Waals surface area (Å²) < 4.78 is 46.4. The Hall–Kier alpha value is -1.53. The number of rotatable bonds is 6. The Kier molecular flexibility index (Phi) is 9.89. The number of hydrogen-bond donors (Lipinski definition) is 2. The van der Waals surface area contributed by atoms with Crippen molar-refractivity contribution in [2.24, 2.45) is 4.99 Å². The van der Waals surface area contributed by atoms with Crippen molar-refractivity contribution < 1.29 is 17.9 Å². The zero-order valence-corrected chi connectivity index (χ0v) is 20.7. The fourth-order valence-electron chi connectivity index (χ4n) is 3.32. The topological polar surface area (TPSA) is 48.9 Å². The Morgan fingerprint density at radius 1 is 1.23 bits per heavy atom. The van der Waals surface area contributed by atoms with Gasteiger partial charge in [0.1, 0.15) is 0 Å². The van der Waals surface area contributed by atoms with Gasteiger partial charge in [0.05, 0.1) is 18.8 Å². The molecule has 0 saturated carbocycles. The van der Waals surface area contributed by atoms with Crippen LogP contribution in [-0.4, -0.2) is 45.9 Å². The smallest absolute Gasteiger partial charge is 0.378 e. The van der Waals surface area contributed by atoms with Crippen LogP contribution < -0.4 is 15.5 Å². The molecule has 2 heterocycles. The van der Waals surface area contributed by atoms with E-state index in [0.29, 0.717) is 44.5 Å². The van der Waals surface area contributed by atoms with Gasteiger partial charge in [-0.15, -0.1) is 35.3 Å². The number of ether oxygens (including phenoxy) is 1. The number of halogens is 4. The van der Waals surface area contributed by atoms with Crippen LogP contribution in [0.15, 0.2) is 40.7 Å². The van der Waals surface area contributed by atoms with E-state index in [1.165, 1.54) is 10.9 Å². The lowest BCUT2D eigenvalue weighted by molar-refractivity contribution is -0.138. The monoisotopic (exact) mass is 568 g/mol. The number of thiophene rings is 1. The van der Waals surface area contributed by atoms with Crippen LogP contribution in [-0.2, 0) is 17.5 Å². The predicted molar refractivity (Wildman–Crippen MR) is 131 cm³/mol. The van der Waals surface area contributed by atoms with Crippen molar-refractivity contribution >= 4 is 47.0 Å². The van der Waals surface area contributed by atoms with Gasteiger partial charge in [0.25, 0.3) is 0 Å². The molecule has 1 saturated heterocycles. The molecular weight excluding hydrogens is 540 g/mol. The second kappa shape index (κ2) is 11.9. The zero-order valence-electron chi connectivity index (χ0n) is 17.5. The number of alkyl halides is 3. The molecule has 2 N–H and O–H groups in total. The van der Waals surface area contributed by atoms with E-state index in [0.717, 1.165) is 0 Å².